The number of rotatable bonds is 10. The molecule has 0 amide bonds. The van der Waals surface area contributed by atoms with E-state index in [4.69, 9.17) is 0 Å². The molecule has 302 valence electrons. The molecule has 0 radical (unpaired) electrons. The summed E-state index contributed by atoms with van der Waals surface area (Å²) in [6.45, 7) is 0. The lowest BCUT2D eigenvalue weighted by atomic mass is 9.93. The predicted molar refractivity (Wildman–Crippen MR) is 273 cm³/mol. The van der Waals surface area contributed by atoms with E-state index in [1.807, 2.05) is 0 Å². The van der Waals surface area contributed by atoms with E-state index in [0.717, 1.165) is 34.1 Å². The molecular formula is C62H44N2. The molecule has 0 aliphatic heterocycles. The first kappa shape index (κ1) is 38.5. The Morgan fingerprint density at radius 2 is 0.516 bits per heavy atom. The van der Waals surface area contributed by atoms with Crippen molar-refractivity contribution in [1.29, 1.82) is 0 Å². The average molecular weight is 817 g/mol. The van der Waals surface area contributed by atoms with Gasteiger partial charge >= 0.3 is 0 Å². The number of hydrogen-bond donors (Lipinski definition) is 0. The van der Waals surface area contributed by atoms with Gasteiger partial charge < -0.3 is 9.80 Å². The molecule has 0 atom stereocenters. The van der Waals surface area contributed by atoms with Gasteiger partial charge in [0, 0.05) is 34.1 Å². The van der Waals surface area contributed by atoms with Gasteiger partial charge in [0.25, 0.3) is 0 Å². The molecule has 0 aliphatic carbocycles. The van der Waals surface area contributed by atoms with Gasteiger partial charge in [0.05, 0.1) is 0 Å². The van der Waals surface area contributed by atoms with Crippen molar-refractivity contribution in [3.63, 3.8) is 0 Å². The summed E-state index contributed by atoms with van der Waals surface area (Å²) in [6, 6.07) is 96.1. The summed E-state index contributed by atoms with van der Waals surface area (Å²) in [5.74, 6) is 0. The molecule has 0 saturated heterocycles. The first-order valence-corrected chi connectivity index (χ1v) is 21.9. The topological polar surface area (TPSA) is 6.48 Å². The van der Waals surface area contributed by atoms with Gasteiger partial charge in [-0.2, -0.15) is 0 Å². The van der Waals surface area contributed by atoms with Crippen LogP contribution in [-0.2, 0) is 0 Å². The van der Waals surface area contributed by atoms with E-state index in [-0.39, 0.29) is 0 Å². The van der Waals surface area contributed by atoms with Gasteiger partial charge in [0.1, 0.15) is 0 Å². The first-order chi connectivity index (χ1) is 31.7. The predicted octanol–water partition coefficient (Wildman–Crippen LogP) is 17.6. The smallest absolute Gasteiger partial charge is 0.0468 e. The van der Waals surface area contributed by atoms with Crippen LogP contribution in [-0.4, -0.2) is 0 Å². The van der Waals surface area contributed by atoms with Crippen LogP contribution in [0.4, 0.5) is 34.1 Å². The van der Waals surface area contributed by atoms with Gasteiger partial charge in [-0.1, -0.05) is 188 Å². The lowest BCUT2D eigenvalue weighted by Crippen LogP contribution is -2.09. The molecule has 0 aromatic heterocycles. The van der Waals surface area contributed by atoms with Crippen LogP contribution in [0, 0.1) is 0 Å². The molecule has 0 heterocycles. The monoisotopic (exact) mass is 816 g/mol. The molecule has 2 nitrogen and oxygen atoms in total. The molecule has 0 saturated carbocycles. The molecule has 0 unspecified atom stereocenters. The molecule has 0 N–H and O–H groups in total. The maximum absolute atomic E-state index is 2.36. The van der Waals surface area contributed by atoms with Crippen LogP contribution in [0.1, 0.15) is 0 Å². The molecule has 11 aromatic carbocycles. The van der Waals surface area contributed by atoms with Crippen LogP contribution in [0.5, 0.6) is 0 Å². The van der Waals surface area contributed by atoms with Gasteiger partial charge in [0.15, 0.2) is 0 Å². The van der Waals surface area contributed by atoms with E-state index in [1.54, 1.807) is 0 Å². The molecule has 0 bridgehead atoms. The fraction of sp³-hybridized carbons (Fsp3) is 0. The molecule has 11 rings (SSSR count). The van der Waals surface area contributed by atoms with E-state index >= 15 is 0 Å². The molecule has 2 heteroatoms. The number of hydrogen-bond acceptors (Lipinski definition) is 2. The Morgan fingerprint density at radius 3 is 0.984 bits per heavy atom. The van der Waals surface area contributed by atoms with E-state index in [0.29, 0.717) is 0 Å². The molecule has 0 aliphatic rings. The van der Waals surface area contributed by atoms with Crippen LogP contribution in [0.2, 0.25) is 0 Å². The minimum Gasteiger partial charge on any atom is -0.311 e. The van der Waals surface area contributed by atoms with Crippen molar-refractivity contribution in [2.24, 2.45) is 0 Å². The summed E-state index contributed by atoms with van der Waals surface area (Å²) < 4.78 is 0. The quantitative estimate of drug-likeness (QED) is 0.127. The van der Waals surface area contributed by atoms with Crippen molar-refractivity contribution in [2.45, 2.75) is 0 Å². The molecule has 0 spiro atoms. The zero-order chi connectivity index (χ0) is 42.7. The SMILES string of the molecule is c1ccc(-c2ccc(N(c3ccccc3)c3ccc(-c4ccc(-c5ccc(N(c6ccccc6)c6ccc7c(-c8ccccc8)cc8ccccc8c7c6)cc5)cc4)cc3)cc2)cc1. The van der Waals surface area contributed by atoms with Crippen molar-refractivity contribution in [3.8, 4) is 44.5 Å². The molecule has 0 fully saturated rings. The standard InChI is InChI=1S/C62H44N2/c1-5-15-45(16-6-1)48-29-35-55(36-30-48)63(53-20-9-3-10-21-53)56-37-31-49(32-38-56)46-25-27-47(28-26-46)50-33-39-57(40-34-50)64(54-22-11-4-12-23-54)58-41-42-60-61(51-17-7-2-8-18-51)43-52-19-13-14-24-59(52)62(60)44-58/h1-44H. The van der Waals surface area contributed by atoms with Gasteiger partial charge in [-0.25, -0.2) is 0 Å². The number of para-hydroxylation sites is 2. The van der Waals surface area contributed by atoms with Crippen LogP contribution in [0.15, 0.2) is 267 Å². The Balaban J connectivity index is 0.875. The van der Waals surface area contributed by atoms with E-state index in [2.05, 4.69) is 277 Å². The van der Waals surface area contributed by atoms with Crippen molar-refractivity contribution < 1.29 is 0 Å². The highest BCUT2D eigenvalue weighted by molar-refractivity contribution is 6.15. The zero-order valence-electron chi connectivity index (χ0n) is 35.3. The zero-order valence-corrected chi connectivity index (χ0v) is 35.3. The molecular weight excluding hydrogens is 773 g/mol. The normalized spacial score (nSPS) is 11.1. The average Bonchev–Trinajstić information content (AvgIpc) is 3.38. The summed E-state index contributed by atoms with van der Waals surface area (Å²) >= 11 is 0. The second-order valence-electron chi connectivity index (χ2n) is 16.2. The number of fused-ring (bicyclic) bond motifs is 3. The second kappa shape index (κ2) is 17.1. The van der Waals surface area contributed by atoms with Crippen LogP contribution < -0.4 is 9.80 Å². The largest absolute Gasteiger partial charge is 0.311 e. The summed E-state index contributed by atoms with van der Waals surface area (Å²) in [7, 11) is 0. The van der Waals surface area contributed by atoms with Crippen LogP contribution >= 0.6 is 0 Å². The van der Waals surface area contributed by atoms with Crippen molar-refractivity contribution in [1.82, 2.24) is 0 Å². The molecule has 64 heavy (non-hydrogen) atoms. The second-order valence-corrected chi connectivity index (χ2v) is 16.2. The third kappa shape index (κ3) is 7.59. The number of benzene rings is 11. The Labute approximate surface area is 375 Å². The summed E-state index contributed by atoms with van der Waals surface area (Å²) in [5.41, 5.74) is 16.3. The van der Waals surface area contributed by atoms with Gasteiger partial charge in [-0.05, 0) is 145 Å². The summed E-state index contributed by atoms with van der Waals surface area (Å²) in [5, 5.41) is 4.97. The highest BCUT2D eigenvalue weighted by Gasteiger charge is 2.17. The van der Waals surface area contributed by atoms with Gasteiger partial charge in [0.2, 0.25) is 0 Å². The lowest BCUT2D eigenvalue weighted by molar-refractivity contribution is 1.28. The molecule has 11 aromatic rings. The summed E-state index contributed by atoms with van der Waals surface area (Å²) in [6.07, 6.45) is 0. The van der Waals surface area contributed by atoms with Gasteiger partial charge in [-0.15, -0.1) is 0 Å². The van der Waals surface area contributed by atoms with E-state index < -0.39 is 0 Å². The Bertz CT molecular complexity index is 3310. The number of nitrogens with zero attached hydrogens (tertiary/aromatic N) is 2. The fourth-order valence-corrected chi connectivity index (χ4v) is 9.03. The minimum absolute atomic E-state index is 1.10. The Kier molecular flexibility index (Phi) is 10.3. The van der Waals surface area contributed by atoms with Crippen molar-refractivity contribution in [3.05, 3.63) is 267 Å². The van der Waals surface area contributed by atoms with Crippen molar-refractivity contribution >= 4 is 55.7 Å². The Morgan fingerprint density at radius 1 is 0.188 bits per heavy atom. The summed E-state index contributed by atoms with van der Waals surface area (Å²) in [4.78, 5) is 4.67. The third-order valence-corrected chi connectivity index (χ3v) is 12.3. The highest BCUT2D eigenvalue weighted by atomic mass is 15.1. The maximum atomic E-state index is 2.36. The fourth-order valence-electron chi connectivity index (χ4n) is 9.03. The lowest BCUT2D eigenvalue weighted by Gasteiger charge is -2.26. The minimum atomic E-state index is 1.10. The van der Waals surface area contributed by atoms with E-state index in [9.17, 15) is 0 Å². The van der Waals surface area contributed by atoms with Crippen molar-refractivity contribution in [2.75, 3.05) is 9.80 Å². The van der Waals surface area contributed by atoms with Crippen LogP contribution in [0.3, 0.4) is 0 Å². The van der Waals surface area contributed by atoms with Gasteiger partial charge in [-0.3, -0.25) is 0 Å². The third-order valence-electron chi connectivity index (χ3n) is 12.3. The van der Waals surface area contributed by atoms with E-state index in [1.165, 1.54) is 66.1 Å². The Hall–Kier alpha value is -8.46. The maximum Gasteiger partial charge on any atom is 0.0468 e. The highest BCUT2D eigenvalue weighted by Crippen LogP contribution is 2.42. The first-order valence-electron chi connectivity index (χ1n) is 21.9. The van der Waals surface area contributed by atoms with Crippen LogP contribution in [0.25, 0.3) is 66.1 Å². The number of anilines is 6.